The quantitative estimate of drug-likeness (QED) is 0.799. The molecule has 1 atom stereocenters. The fourth-order valence-corrected chi connectivity index (χ4v) is 3.11. The van der Waals surface area contributed by atoms with Gasteiger partial charge >= 0.3 is 6.09 Å². The lowest BCUT2D eigenvalue weighted by Crippen LogP contribution is -2.45. The molecule has 0 aromatic carbocycles. The number of hydrogen-bond donors (Lipinski definition) is 1. The average molecular weight is 312 g/mol. The topological polar surface area (TPSA) is 41.6 Å². The second-order valence-electron chi connectivity index (χ2n) is 7.90. The summed E-state index contributed by atoms with van der Waals surface area (Å²) in [4.78, 5) is 13.9. The van der Waals surface area contributed by atoms with Crippen molar-refractivity contribution in [3.8, 4) is 0 Å². The lowest BCUT2D eigenvalue weighted by Gasteiger charge is -2.36. The number of ether oxygens (including phenoxy) is 1. The lowest BCUT2D eigenvalue weighted by molar-refractivity contribution is 0.0179. The summed E-state index contributed by atoms with van der Waals surface area (Å²) in [6, 6.07) is 0.934. The second kappa shape index (κ2) is 8.76. The van der Waals surface area contributed by atoms with Crippen molar-refractivity contribution in [1.82, 2.24) is 10.2 Å². The van der Waals surface area contributed by atoms with E-state index in [1.807, 2.05) is 27.8 Å². The first-order chi connectivity index (χ1) is 10.2. The summed E-state index contributed by atoms with van der Waals surface area (Å²) >= 11 is 0. The van der Waals surface area contributed by atoms with Gasteiger partial charge in [-0.2, -0.15) is 0 Å². The molecular weight excluding hydrogens is 276 g/mol. The first-order valence-corrected chi connectivity index (χ1v) is 8.92. The Labute approximate surface area is 137 Å². The van der Waals surface area contributed by atoms with E-state index < -0.39 is 5.60 Å². The van der Waals surface area contributed by atoms with E-state index in [1.165, 1.54) is 12.8 Å². The van der Waals surface area contributed by atoms with Gasteiger partial charge in [-0.3, -0.25) is 0 Å². The van der Waals surface area contributed by atoms with Crippen molar-refractivity contribution in [3.63, 3.8) is 0 Å². The van der Waals surface area contributed by atoms with Crippen LogP contribution in [-0.2, 0) is 4.74 Å². The lowest BCUT2D eigenvalue weighted by atomic mass is 9.90. The highest BCUT2D eigenvalue weighted by molar-refractivity contribution is 5.68. The molecule has 0 radical (unpaired) electrons. The summed E-state index contributed by atoms with van der Waals surface area (Å²) in [5.41, 5.74) is -0.417. The Morgan fingerprint density at radius 3 is 2.36 bits per heavy atom. The molecule has 1 aliphatic carbocycles. The Morgan fingerprint density at radius 1 is 1.27 bits per heavy atom. The smallest absolute Gasteiger partial charge is 0.410 e. The molecule has 0 spiro atoms. The van der Waals surface area contributed by atoms with E-state index in [9.17, 15) is 4.79 Å². The summed E-state index contributed by atoms with van der Waals surface area (Å²) < 4.78 is 5.46. The van der Waals surface area contributed by atoms with Crippen LogP contribution in [0.2, 0.25) is 0 Å². The zero-order valence-corrected chi connectivity index (χ0v) is 15.4. The van der Waals surface area contributed by atoms with Crippen LogP contribution < -0.4 is 5.32 Å². The summed E-state index contributed by atoms with van der Waals surface area (Å²) in [5, 5.41) is 3.70. The standard InChI is InChI=1S/C18H36N2O2/c1-7-8-14(2)13-19-15-9-11-16(12-10-15)20(6)17(21)22-18(3,4)5/h14-16,19H,7-13H2,1-6H3. The van der Waals surface area contributed by atoms with Crippen LogP contribution >= 0.6 is 0 Å². The zero-order valence-electron chi connectivity index (χ0n) is 15.4. The number of nitrogens with zero attached hydrogens (tertiary/aromatic N) is 1. The van der Waals surface area contributed by atoms with Gasteiger partial charge in [-0.25, -0.2) is 4.79 Å². The summed E-state index contributed by atoms with van der Waals surface area (Å²) in [5.74, 6) is 0.757. The molecule has 4 nitrogen and oxygen atoms in total. The van der Waals surface area contributed by atoms with Crippen molar-refractivity contribution in [2.24, 2.45) is 5.92 Å². The molecular formula is C18H36N2O2. The van der Waals surface area contributed by atoms with Crippen LogP contribution in [0, 0.1) is 5.92 Å². The molecule has 0 bridgehead atoms. The molecule has 1 unspecified atom stereocenters. The molecule has 0 aromatic heterocycles. The highest BCUT2D eigenvalue weighted by Gasteiger charge is 2.29. The number of carbonyl (C=O) groups is 1. The third-order valence-electron chi connectivity index (χ3n) is 4.46. The molecule has 22 heavy (non-hydrogen) atoms. The van der Waals surface area contributed by atoms with E-state index >= 15 is 0 Å². The van der Waals surface area contributed by atoms with Crippen LogP contribution in [0.1, 0.15) is 73.1 Å². The number of carbonyl (C=O) groups excluding carboxylic acids is 1. The number of nitrogens with one attached hydrogen (secondary N) is 1. The molecule has 1 aliphatic rings. The van der Waals surface area contributed by atoms with E-state index in [0.29, 0.717) is 12.1 Å². The van der Waals surface area contributed by atoms with Crippen LogP contribution in [0.4, 0.5) is 4.79 Å². The van der Waals surface area contributed by atoms with Crippen molar-refractivity contribution < 1.29 is 9.53 Å². The first-order valence-electron chi connectivity index (χ1n) is 8.92. The fourth-order valence-electron chi connectivity index (χ4n) is 3.11. The van der Waals surface area contributed by atoms with Crippen molar-refractivity contribution >= 4 is 6.09 Å². The SMILES string of the molecule is CCCC(C)CNC1CCC(N(C)C(=O)OC(C)(C)C)CC1. The van der Waals surface area contributed by atoms with Crippen LogP contribution in [0.15, 0.2) is 0 Å². The minimum Gasteiger partial charge on any atom is -0.444 e. The summed E-state index contributed by atoms with van der Waals surface area (Å²) in [6.45, 7) is 11.4. The van der Waals surface area contributed by atoms with E-state index in [4.69, 9.17) is 4.74 Å². The van der Waals surface area contributed by atoms with Gasteiger partial charge in [0.25, 0.3) is 0 Å². The molecule has 0 heterocycles. The number of amides is 1. The first kappa shape index (κ1) is 19.3. The minimum atomic E-state index is -0.417. The van der Waals surface area contributed by atoms with Crippen LogP contribution in [0.5, 0.6) is 0 Å². The second-order valence-corrected chi connectivity index (χ2v) is 7.90. The summed E-state index contributed by atoms with van der Waals surface area (Å²) in [7, 11) is 1.87. The largest absolute Gasteiger partial charge is 0.444 e. The number of hydrogen-bond acceptors (Lipinski definition) is 3. The van der Waals surface area contributed by atoms with E-state index in [2.05, 4.69) is 19.2 Å². The van der Waals surface area contributed by atoms with Gasteiger partial charge in [-0.05, 0) is 65.3 Å². The van der Waals surface area contributed by atoms with Gasteiger partial charge in [0.05, 0.1) is 0 Å². The highest BCUT2D eigenvalue weighted by Crippen LogP contribution is 2.24. The van der Waals surface area contributed by atoms with Crippen molar-refractivity contribution in [2.45, 2.75) is 90.8 Å². The van der Waals surface area contributed by atoms with E-state index in [1.54, 1.807) is 4.90 Å². The third kappa shape index (κ3) is 6.99. The Kier molecular flexibility index (Phi) is 7.67. The maximum absolute atomic E-state index is 12.1. The normalized spacial score (nSPS) is 23.9. The van der Waals surface area contributed by atoms with Crippen molar-refractivity contribution in [1.29, 1.82) is 0 Å². The van der Waals surface area contributed by atoms with Gasteiger partial charge in [0, 0.05) is 19.1 Å². The minimum absolute atomic E-state index is 0.194. The van der Waals surface area contributed by atoms with Gasteiger partial charge in [-0.1, -0.05) is 20.3 Å². The van der Waals surface area contributed by atoms with Gasteiger partial charge in [-0.15, -0.1) is 0 Å². The predicted octanol–water partition coefficient (Wildman–Crippen LogP) is 4.19. The fraction of sp³-hybridized carbons (Fsp3) is 0.944. The molecule has 130 valence electrons. The van der Waals surface area contributed by atoms with Crippen molar-refractivity contribution in [3.05, 3.63) is 0 Å². The van der Waals surface area contributed by atoms with E-state index in [-0.39, 0.29) is 6.09 Å². The number of rotatable bonds is 6. The molecule has 0 aromatic rings. The molecule has 1 rings (SSSR count). The molecule has 0 saturated heterocycles. The van der Waals surface area contributed by atoms with Gasteiger partial charge in [0.2, 0.25) is 0 Å². The third-order valence-corrected chi connectivity index (χ3v) is 4.46. The monoisotopic (exact) mass is 312 g/mol. The molecule has 1 N–H and O–H groups in total. The zero-order chi connectivity index (χ0) is 16.8. The van der Waals surface area contributed by atoms with Crippen LogP contribution in [0.25, 0.3) is 0 Å². The van der Waals surface area contributed by atoms with Gasteiger partial charge in [0.1, 0.15) is 5.60 Å². The highest BCUT2D eigenvalue weighted by atomic mass is 16.6. The molecule has 1 fully saturated rings. The summed E-state index contributed by atoms with van der Waals surface area (Å²) in [6.07, 6.45) is 6.79. The Hall–Kier alpha value is -0.770. The van der Waals surface area contributed by atoms with Gasteiger partial charge < -0.3 is 15.0 Å². The molecule has 4 heteroatoms. The van der Waals surface area contributed by atoms with Gasteiger partial charge in [0.15, 0.2) is 0 Å². The van der Waals surface area contributed by atoms with E-state index in [0.717, 1.165) is 38.1 Å². The maximum Gasteiger partial charge on any atom is 0.410 e. The van der Waals surface area contributed by atoms with Crippen LogP contribution in [-0.4, -0.2) is 42.3 Å². The Balaban J connectivity index is 2.31. The molecule has 1 amide bonds. The molecule has 0 aliphatic heterocycles. The van der Waals surface area contributed by atoms with Crippen molar-refractivity contribution in [2.75, 3.05) is 13.6 Å². The maximum atomic E-state index is 12.1. The average Bonchev–Trinajstić information content (AvgIpc) is 2.43. The molecule has 1 saturated carbocycles. The Morgan fingerprint density at radius 2 is 1.86 bits per heavy atom. The van der Waals surface area contributed by atoms with Crippen LogP contribution in [0.3, 0.4) is 0 Å². The predicted molar refractivity (Wildman–Crippen MR) is 92.1 cm³/mol. The Bertz CT molecular complexity index is 330.